The zero-order chi connectivity index (χ0) is 13.5. The Labute approximate surface area is 109 Å². The molecule has 1 aromatic rings. The third kappa shape index (κ3) is 3.57. The Morgan fingerprint density at radius 2 is 1.94 bits per heavy atom. The van der Waals surface area contributed by atoms with E-state index in [0.29, 0.717) is 12.5 Å². The van der Waals surface area contributed by atoms with Gasteiger partial charge in [0.2, 0.25) is 5.91 Å². The molecule has 1 amide bonds. The van der Waals surface area contributed by atoms with Crippen molar-refractivity contribution in [3.05, 3.63) is 35.9 Å². The van der Waals surface area contributed by atoms with Gasteiger partial charge in [-0.1, -0.05) is 50.6 Å². The van der Waals surface area contributed by atoms with Crippen molar-refractivity contribution in [3.8, 4) is 0 Å². The van der Waals surface area contributed by atoms with Crippen LogP contribution in [0.25, 0.3) is 0 Å². The van der Waals surface area contributed by atoms with Crippen LogP contribution in [-0.4, -0.2) is 36.1 Å². The third-order valence-corrected chi connectivity index (χ3v) is 3.45. The van der Waals surface area contributed by atoms with E-state index in [9.17, 15) is 4.79 Å². The van der Waals surface area contributed by atoms with E-state index < -0.39 is 0 Å². The van der Waals surface area contributed by atoms with E-state index in [0.717, 1.165) is 12.0 Å². The number of amides is 1. The fourth-order valence-electron chi connectivity index (χ4n) is 2.11. The molecule has 1 aromatic carbocycles. The molecule has 3 nitrogen and oxygen atoms in total. The average molecular weight is 249 g/mol. The topological polar surface area (TPSA) is 40.5 Å². The molecule has 0 aliphatic rings. The van der Waals surface area contributed by atoms with Gasteiger partial charge in [-0.3, -0.25) is 4.79 Å². The van der Waals surface area contributed by atoms with Gasteiger partial charge >= 0.3 is 0 Å². The van der Waals surface area contributed by atoms with Gasteiger partial charge in [0.1, 0.15) is 0 Å². The second-order valence-corrected chi connectivity index (χ2v) is 4.76. The van der Waals surface area contributed by atoms with Gasteiger partial charge in [0.15, 0.2) is 0 Å². The first-order chi connectivity index (χ1) is 8.61. The number of likely N-dealkylation sites (N-methyl/N-ethyl adjacent to an activating group) is 1. The highest BCUT2D eigenvalue weighted by molar-refractivity contribution is 5.83. The number of aliphatic hydroxyl groups is 1. The van der Waals surface area contributed by atoms with Crippen molar-refractivity contribution in [2.24, 2.45) is 5.92 Å². The van der Waals surface area contributed by atoms with E-state index in [1.54, 1.807) is 11.9 Å². The molecule has 0 radical (unpaired) electrons. The summed E-state index contributed by atoms with van der Waals surface area (Å²) < 4.78 is 0. The van der Waals surface area contributed by atoms with Gasteiger partial charge in [-0.15, -0.1) is 0 Å². The highest BCUT2D eigenvalue weighted by Crippen LogP contribution is 2.28. The molecule has 0 bridgehead atoms. The fourth-order valence-corrected chi connectivity index (χ4v) is 2.11. The predicted molar refractivity (Wildman–Crippen MR) is 73.4 cm³/mol. The van der Waals surface area contributed by atoms with Gasteiger partial charge in [-0.25, -0.2) is 0 Å². The largest absolute Gasteiger partial charge is 0.395 e. The highest BCUT2D eigenvalue weighted by atomic mass is 16.3. The van der Waals surface area contributed by atoms with E-state index in [4.69, 9.17) is 5.11 Å². The maximum absolute atomic E-state index is 12.4. The van der Waals surface area contributed by atoms with Crippen molar-refractivity contribution >= 4 is 5.91 Å². The van der Waals surface area contributed by atoms with Crippen molar-refractivity contribution in [2.45, 2.75) is 26.2 Å². The van der Waals surface area contributed by atoms with Crippen LogP contribution in [0.4, 0.5) is 0 Å². The standard InChI is InChI=1S/C15H23NO2/c1-4-12(2)14(13-8-6-5-7-9-13)15(18)16(3)10-11-17/h5-9,12,14,17H,4,10-11H2,1-3H3. The van der Waals surface area contributed by atoms with E-state index in [2.05, 4.69) is 13.8 Å². The molecule has 0 saturated carbocycles. The number of nitrogens with zero attached hydrogens (tertiary/aromatic N) is 1. The molecule has 2 atom stereocenters. The monoisotopic (exact) mass is 249 g/mol. The van der Waals surface area contributed by atoms with Crippen LogP contribution in [0.2, 0.25) is 0 Å². The van der Waals surface area contributed by atoms with Crippen LogP contribution in [0, 0.1) is 5.92 Å². The van der Waals surface area contributed by atoms with Gasteiger partial charge in [0, 0.05) is 13.6 Å². The quantitative estimate of drug-likeness (QED) is 0.840. The van der Waals surface area contributed by atoms with Crippen molar-refractivity contribution in [1.29, 1.82) is 0 Å². The number of carbonyl (C=O) groups excluding carboxylic acids is 1. The molecule has 0 heterocycles. The highest BCUT2D eigenvalue weighted by Gasteiger charge is 2.27. The number of carbonyl (C=O) groups is 1. The minimum Gasteiger partial charge on any atom is -0.395 e. The lowest BCUT2D eigenvalue weighted by Crippen LogP contribution is -2.36. The summed E-state index contributed by atoms with van der Waals surface area (Å²) in [6, 6.07) is 9.89. The normalized spacial score (nSPS) is 14.0. The summed E-state index contributed by atoms with van der Waals surface area (Å²) in [5.41, 5.74) is 1.06. The van der Waals surface area contributed by atoms with Crippen LogP contribution in [0.1, 0.15) is 31.7 Å². The minimum absolute atomic E-state index is 0.00422. The number of aliphatic hydroxyl groups excluding tert-OH is 1. The van der Waals surface area contributed by atoms with Crippen LogP contribution in [0.3, 0.4) is 0 Å². The van der Waals surface area contributed by atoms with Crippen LogP contribution >= 0.6 is 0 Å². The molecule has 1 rings (SSSR count). The number of hydrogen-bond donors (Lipinski definition) is 1. The van der Waals surface area contributed by atoms with E-state index in [-0.39, 0.29) is 18.4 Å². The smallest absolute Gasteiger partial charge is 0.230 e. The zero-order valence-corrected chi connectivity index (χ0v) is 11.5. The summed E-state index contributed by atoms with van der Waals surface area (Å²) in [4.78, 5) is 14.1. The molecule has 1 N–H and O–H groups in total. The lowest BCUT2D eigenvalue weighted by molar-refractivity contribution is -0.133. The molecular weight excluding hydrogens is 226 g/mol. The molecule has 2 unspecified atom stereocenters. The fraction of sp³-hybridized carbons (Fsp3) is 0.533. The Bertz CT molecular complexity index is 364. The van der Waals surface area contributed by atoms with Crippen molar-refractivity contribution in [3.63, 3.8) is 0 Å². The molecule has 0 saturated heterocycles. The third-order valence-electron chi connectivity index (χ3n) is 3.45. The van der Waals surface area contributed by atoms with Crippen molar-refractivity contribution in [2.75, 3.05) is 20.2 Å². The Morgan fingerprint density at radius 1 is 1.33 bits per heavy atom. The molecule has 0 aliphatic carbocycles. The molecule has 18 heavy (non-hydrogen) atoms. The molecule has 0 aromatic heterocycles. The van der Waals surface area contributed by atoms with Crippen LogP contribution in [0.5, 0.6) is 0 Å². The van der Waals surface area contributed by atoms with Crippen LogP contribution in [-0.2, 0) is 4.79 Å². The van der Waals surface area contributed by atoms with E-state index >= 15 is 0 Å². The molecule has 3 heteroatoms. The maximum Gasteiger partial charge on any atom is 0.230 e. The maximum atomic E-state index is 12.4. The average Bonchev–Trinajstić information content (AvgIpc) is 2.40. The Kier molecular flexibility index (Phi) is 5.86. The summed E-state index contributed by atoms with van der Waals surface area (Å²) in [5.74, 6) is 0.262. The lowest BCUT2D eigenvalue weighted by atomic mass is 9.84. The molecule has 0 fully saturated rings. The predicted octanol–water partition coefficient (Wildman–Crippen LogP) is 2.27. The molecule has 0 aliphatic heterocycles. The van der Waals surface area contributed by atoms with Crippen molar-refractivity contribution in [1.82, 2.24) is 4.90 Å². The Balaban J connectivity index is 2.96. The van der Waals surface area contributed by atoms with Gasteiger partial charge in [-0.2, -0.15) is 0 Å². The van der Waals surface area contributed by atoms with Crippen LogP contribution in [0.15, 0.2) is 30.3 Å². The summed E-state index contributed by atoms with van der Waals surface area (Å²) in [7, 11) is 1.75. The first kappa shape index (κ1) is 14.7. The van der Waals surface area contributed by atoms with Gasteiger partial charge in [-0.05, 0) is 11.5 Å². The second kappa shape index (κ2) is 7.17. The number of rotatable bonds is 6. The summed E-state index contributed by atoms with van der Waals surface area (Å²) in [6.45, 7) is 4.59. The number of benzene rings is 1. The molecular formula is C15H23NO2. The second-order valence-electron chi connectivity index (χ2n) is 4.76. The lowest BCUT2D eigenvalue weighted by Gasteiger charge is -2.27. The Hall–Kier alpha value is -1.35. The Morgan fingerprint density at radius 3 is 2.44 bits per heavy atom. The summed E-state index contributed by atoms with van der Waals surface area (Å²) in [6.07, 6.45) is 0.957. The first-order valence-corrected chi connectivity index (χ1v) is 6.52. The molecule has 0 spiro atoms. The SMILES string of the molecule is CCC(C)C(C(=O)N(C)CCO)c1ccccc1. The summed E-state index contributed by atoms with van der Waals surface area (Å²) in [5, 5.41) is 8.94. The van der Waals surface area contributed by atoms with Crippen molar-refractivity contribution < 1.29 is 9.90 Å². The minimum atomic E-state index is -0.118. The van der Waals surface area contributed by atoms with Gasteiger partial charge in [0.25, 0.3) is 0 Å². The number of hydrogen-bond acceptors (Lipinski definition) is 2. The van der Waals surface area contributed by atoms with E-state index in [1.807, 2.05) is 30.3 Å². The van der Waals surface area contributed by atoms with Gasteiger partial charge in [0.05, 0.1) is 12.5 Å². The van der Waals surface area contributed by atoms with Gasteiger partial charge < -0.3 is 10.0 Å². The molecule has 100 valence electrons. The zero-order valence-electron chi connectivity index (χ0n) is 11.5. The van der Waals surface area contributed by atoms with E-state index in [1.165, 1.54) is 0 Å². The summed E-state index contributed by atoms with van der Waals surface area (Å²) >= 11 is 0. The first-order valence-electron chi connectivity index (χ1n) is 6.52. The van der Waals surface area contributed by atoms with Crippen LogP contribution < -0.4 is 0 Å².